The maximum Gasteiger partial charge on any atom is 0.224 e. The summed E-state index contributed by atoms with van der Waals surface area (Å²) in [6, 6.07) is 9.72. The molecule has 1 aliphatic rings. The van der Waals surface area contributed by atoms with Gasteiger partial charge in [0.25, 0.3) is 0 Å². The van der Waals surface area contributed by atoms with E-state index in [2.05, 4.69) is 16.3 Å². The van der Waals surface area contributed by atoms with Gasteiger partial charge in [0.1, 0.15) is 0 Å². The van der Waals surface area contributed by atoms with Gasteiger partial charge in [-0.15, -0.1) is 0 Å². The molecule has 1 aliphatic heterocycles. The molecule has 0 saturated carbocycles. The van der Waals surface area contributed by atoms with Crippen LogP contribution in [0.25, 0.3) is 0 Å². The van der Waals surface area contributed by atoms with E-state index in [0.29, 0.717) is 18.0 Å². The number of nitriles is 1. The molecular weight excluding hydrogens is 274 g/mol. The van der Waals surface area contributed by atoms with E-state index in [1.807, 2.05) is 12.1 Å². The molecule has 1 fully saturated rings. The summed E-state index contributed by atoms with van der Waals surface area (Å²) in [6.07, 6.45) is 2.21. The normalized spacial score (nSPS) is 16.6. The molecule has 0 spiro atoms. The number of amides is 1. The van der Waals surface area contributed by atoms with E-state index >= 15 is 0 Å². The summed E-state index contributed by atoms with van der Waals surface area (Å²) in [5, 5.41) is 12.4. The zero-order valence-electron chi connectivity index (χ0n) is 11.3. The molecule has 0 radical (unpaired) electrons. The summed E-state index contributed by atoms with van der Waals surface area (Å²) in [6.45, 7) is 2.23. The van der Waals surface area contributed by atoms with E-state index in [9.17, 15) is 4.79 Å². The van der Waals surface area contributed by atoms with Gasteiger partial charge < -0.3 is 5.32 Å². The summed E-state index contributed by atoms with van der Waals surface area (Å²) >= 11 is 5.82. The second-order valence-electron chi connectivity index (χ2n) is 5.08. The Morgan fingerprint density at radius 2 is 2.00 bits per heavy atom. The summed E-state index contributed by atoms with van der Waals surface area (Å²) in [5.74, 6) is 0.0473. The predicted octanol–water partition coefficient (Wildman–Crippen LogP) is 1.99. The van der Waals surface area contributed by atoms with Crippen LogP contribution in [0, 0.1) is 11.3 Å². The molecule has 106 valence electrons. The van der Waals surface area contributed by atoms with Crippen LogP contribution in [0.3, 0.4) is 0 Å². The number of halogens is 1. The molecular formula is C15H18ClN3O. The standard InChI is InChI=1S/C15H18ClN3O/c16-13-3-1-12(2-4-13)11-15(20)18-14-5-8-19(9-6-14)10-7-17/h1-4,14H,5-6,8-11H2,(H,18,20). The number of piperidine rings is 1. The maximum atomic E-state index is 12.0. The Labute approximate surface area is 124 Å². The van der Waals surface area contributed by atoms with Crippen molar-refractivity contribution in [2.75, 3.05) is 19.6 Å². The SMILES string of the molecule is N#CCN1CCC(NC(=O)Cc2ccc(Cl)cc2)CC1. The first-order chi connectivity index (χ1) is 9.67. The highest BCUT2D eigenvalue weighted by atomic mass is 35.5. The third-order valence-corrected chi connectivity index (χ3v) is 3.78. The fourth-order valence-electron chi connectivity index (χ4n) is 2.40. The van der Waals surface area contributed by atoms with Gasteiger partial charge in [0.2, 0.25) is 5.91 Å². The highest BCUT2D eigenvalue weighted by molar-refractivity contribution is 6.30. The number of carbonyl (C=O) groups excluding carboxylic acids is 1. The molecule has 0 atom stereocenters. The number of nitrogens with one attached hydrogen (secondary N) is 1. The fraction of sp³-hybridized carbons (Fsp3) is 0.467. The number of likely N-dealkylation sites (tertiary alicyclic amines) is 1. The Hall–Kier alpha value is -1.57. The van der Waals surface area contributed by atoms with Crippen molar-refractivity contribution in [2.24, 2.45) is 0 Å². The molecule has 4 nitrogen and oxygen atoms in total. The van der Waals surface area contributed by atoms with Gasteiger partial charge in [-0.1, -0.05) is 23.7 Å². The van der Waals surface area contributed by atoms with Crippen LogP contribution in [-0.4, -0.2) is 36.5 Å². The first-order valence-electron chi connectivity index (χ1n) is 6.80. The van der Waals surface area contributed by atoms with Gasteiger partial charge in [0, 0.05) is 24.2 Å². The lowest BCUT2D eigenvalue weighted by atomic mass is 10.0. The number of carbonyl (C=O) groups is 1. The molecule has 1 N–H and O–H groups in total. The van der Waals surface area contributed by atoms with Gasteiger partial charge in [-0.05, 0) is 30.5 Å². The Balaban J connectivity index is 1.75. The van der Waals surface area contributed by atoms with Crippen LogP contribution in [0.2, 0.25) is 5.02 Å². The zero-order chi connectivity index (χ0) is 14.4. The van der Waals surface area contributed by atoms with Crippen molar-refractivity contribution in [1.29, 1.82) is 5.26 Å². The molecule has 0 aliphatic carbocycles. The van der Waals surface area contributed by atoms with Gasteiger partial charge in [-0.3, -0.25) is 9.69 Å². The Morgan fingerprint density at radius 3 is 2.60 bits per heavy atom. The smallest absolute Gasteiger partial charge is 0.224 e. The first-order valence-corrected chi connectivity index (χ1v) is 7.18. The second-order valence-corrected chi connectivity index (χ2v) is 5.52. The quantitative estimate of drug-likeness (QED) is 0.863. The van der Waals surface area contributed by atoms with Gasteiger partial charge >= 0.3 is 0 Å². The lowest BCUT2D eigenvalue weighted by Gasteiger charge is -2.30. The molecule has 1 aromatic rings. The van der Waals surface area contributed by atoms with Crippen molar-refractivity contribution in [1.82, 2.24) is 10.2 Å². The molecule has 2 rings (SSSR count). The van der Waals surface area contributed by atoms with Crippen LogP contribution in [0.1, 0.15) is 18.4 Å². The summed E-state index contributed by atoms with van der Waals surface area (Å²) < 4.78 is 0. The Morgan fingerprint density at radius 1 is 1.35 bits per heavy atom. The minimum absolute atomic E-state index is 0.0473. The number of hydrogen-bond donors (Lipinski definition) is 1. The minimum atomic E-state index is 0.0473. The van der Waals surface area contributed by atoms with E-state index in [0.717, 1.165) is 31.5 Å². The van der Waals surface area contributed by atoms with Crippen LogP contribution < -0.4 is 5.32 Å². The topological polar surface area (TPSA) is 56.1 Å². The largest absolute Gasteiger partial charge is 0.353 e. The van der Waals surface area contributed by atoms with Crippen molar-refractivity contribution in [3.63, 3.8) is 0 Å². The molecule has 1 amide bonds. The molecule has 0 unspecified atom stereocenters. The van der Waals surface area contributed by atoms with Crippen molar-refractivity contribution >= 4 is 17.5 Å². The Bertz CT molecular complexity index is 487. The van der Waals surface area contributed by atoms with E-state index in [1.165, 1.54) is 0 Å². The number of nitrogens with zero attached hydrogens (tertiary/aromatic N) is 2. The summed E-state index contributed by atoms with van der Waals surface area (Å²) in [7, 11) is 0. The average Bonchev–Trinajstić information content (AvgIpc) is 2.44. The first kappa shape index (κ1) is 14.8. The predicted molar refractivity (Wildman–Crippen MR) is 78.4 cm³/mol. The lowest BCUT2D eigenvalue weighted by Crippen LogP contribution is -2.45. The van der Waals surface area contributed by atoms with Crippen LogP contribution in [-0.2, 0) is 11.2 Å². The number of hydrogen-bond acceptors (Lipinski definition) is 3. The van der Waals surface area contributed by atoms with E-state index < -0.39 is 0 Å². The minimum Gasteiger partial charge on any atom is -0.353 e. The van der Waals surface area contributed by atoms with E-state index in [-0.39, 0.29) is 11.9 Å². The van der Waals surface area contributed by atoms with Crippen molar-refractivity contribution in [2.45, 2.75) is 25.3 Å². The summed E-state index contributed by atoms with van der Waals surface area (Å²) in [4.78, 5) is 14.1. The van der Waals surface area contributed by atoms with Gasteiger partial charge in [0.15, 0.2) is 0 Å². The molecule has 5 heteroatoms. The molecule has 1 aromatic carbocycles. The van der Waals surface area contributed by atoms with Crippen LogP contribution >= 0.6 is 11.6 Å². The number of rotatable bonds is 4. The zero-order valence-corrected chi connectivity index (χ0v) is 12.1. The monoisotopic (exact) mass is 291 g/mol. The van der Waals surface area contributed by atoms with Crippen molar-refractivity contribution < 1.29 is 4.79 Å². The van der Waals surface area contributed by atoms with Crippen molar-refractivity contribution in [3.05, 3.63) is 34.9 Å². The molecule has 1 heterocycles. The molecule has 0 bridgehead atoms. The lowest BCUT2D eigenvalue weighted by molar-refractivity contribution is -0.121. The molecule has 0 aromatic heterocycles. The van der Waals surface area contributed by atoms with E-state index in [4.69, 9.17) is 16.9 Å². The van der Waals surface area contributed by atoms with Crippen LogP contribution in [0.15, 0.2) is 24.3 Å². The maximum absolute atomic E-state index is 12.0. The van der Waals surface area contributed by atoms with Crippen molar-refractivity contribution in [3.8, 4) is 6.07 Å². The number of benzene rings is 1. The summed E-state index contributed by atoms with van der Waals surface area (Å²) in [5.41, 5.74) is 0.966. The second kappa shape index (κ2) is 7.28. The van der Waals surface area contributed by atoms with E-state index in [1.54, 1.807) is 12.1 Å². The molecule has 1 saturated heterocycles. The van der Waals surface area contributed by atoms with Gasteiger partial charge in [-0.25, -0.2) is 0 Å². The highest BCUT2D eigenvalue weighted by Crippen LogP contribution is 2.12. The molecule has 20 heavy (non-hydrogen) atoms. The third kappa shape index (κ3) is 4.52. The van der Waals surface area contributed by atoms with Crippen LogP contribution in [0.4, 0.5) is 0 Å². The Kier molecular flexibility index (Phi) is 5.40. The van der Waals surface area contributed by atoms with Crippen LogP contribution in [0.5, 0.6) is 0 Å². The average molecular weight is 292 g/mol. The third-order valence-electron chi connectivity index (χ3n) is 3.52. The van der Waals surface area contributed by atoms with Gasteiger partial charge in [-0.2, -0.15) is 5.26 Å². The highest BCUT2D eigenvalue weighted by Gasteiger charge is 2.20. The fourth-order valence-corrected chi connectivity index (χ4v) is 2.53. The van der Waals surface area contributed by atoms with Gasteiger partial charge in [0.05, 0.1) is 19.0 Å².